The Morgan fingerprint density at radius 2 is 2.21 bits per heavy atom. The van der Waals surface area contributed by atoms with Crippen molar-refractivity contribution in [3.05, 3.63) is 24.3 Å². The first-order valence-corrected chi connectivity index (χ1v) is 9.50. The Labute approximate surface area is 145 Å². The Balaban J connectivity index is 1.99. The molecule has 1 aliphatic heterocycles. The second kappa shape index (κ2) is 10.00. The Morgan fingerprint density at radius 3 is 3.00 bits per heavy atom. The van der Waals surface area contributed by atoms with Crippen LogP contribution in [-0.4, -0.2) is 34.5 Å². The summed E-state index contributed by atoms with van der Waals surface area (Å²) in [4.78, 5) is 11.9. The molecule has 0 spiro atoms. The molecule has 1 aliphatic carbocycles. The first-order chi connectivity index (χ1) is 11.6. The molecule has 0 aromatic heterocycles. The lowest BCUT2D eigenvalue weighted by molar-refractivity contribution is -0.151. The monoisotopic (exact) mass is 336 g/mol. The third-order valence-electron chi connectivity index (χ3n) is 5.16. The summed E-state index contributed by atoms with van der Waals surface area (Å²) in [6.07, 6.45) is 14.3. The van der Waals surface area contributed by atoms with Crippen molar-refractivity contribution >= 4 is 5.97 Å². The molecule has 1 saturated carbocycles. The fourth-order valence-corrected chi connectivity index (χ4v) is 3.74. The molecule has 4 heteroatoms. The summed E-state index contributed by atoms with van der Waals surface area (Å²) in [6, 6.07) is 0. The highest BCUT2D eigenvalue weighted by atomic mass is 16.5. The Morgan fingerprint density at radius 1 is 1.38 bits per heavy atom. The van der Waals surface area contributed by atoms with Gasteiger partial charge in [-0.1, -0.05) is 50.5 Å². The van der Waals surface area contributed by atoms with Crippen LogP contribution in [0.25, 0.3) is 0 Å². The number of unbranched alkanes of at least 4 members (excludes halogenated alkanes) is 2. The molecule has 24 heavy (non-hydrogen) atoms. The van der Waals surface area contributed by atoms with Gasteiger partial charge >= 0.3 is 5.97 Å². The zero-order valence-corrected chi connectivity index (χ0v) is 14.8. The smallest absolute Gasteiger partial charge is 0.306 e. The summed E-state index contributed by atoms with van der Waals surface area (Å²) < 4.78 is 5.61. The largest absolute Gasteiger partial charge is 0.462 e. The predicted molar refractivity (Wildman–Crippen MR) is 94.4 cm³/mol. The van der Waals surface area contributed by atoms with E-state index in [0.29, 0.717) is 12.8 Å². The minimum atomic E-state index is -0.513. The third kappa shape index (κ3) is 5.75. The van der Waals surface area contributed by atoms with E-state index < -0.39 is 12.2 Å². The van der Waals surface area contributed by atoms with E-state index in [4.69, 9.17) is 4.74 Å². The first-order valence-electron chi connectivity index (χ1n) is 9.50. The molecule has 1 fully saturated rings. The topological polar surface area (TPSA) is 66.8 Å². The van der Waals surface area contributed by atoms with Gasteiger partial charge in [-0.3, -0.25) is 4.79 Å². The summed E-state index contributed by atoms with van der Waals surface area (Å²) >= 11 is 0. The zero-order valence-electron chi connectivity index (χ0n) is 14.8. The lowest BCUT2D eigenvalue weighted by atomic mass is 9.89. The van der Waals surface area contributed by atoms with Gasteiger partial charge in [-0.25, -0.2) is 0 Å². The van der Waals surface area contributed by atoms with Gasteiger partial charge in [0.1, 0.15) is 6.10 Å². The van der Waals surface area contributed by atoms with Crippen molar-refractivity contribution in [1.82, 2.24) is 0 Å². The van der Waals surface area contributed by atoms with Crippen molar-refractivity contribution in [3.63, 3.8) is 0 Å². The van der Waals surface area contributed by atoms with Crippen LogP contribution in [0, 0.1) is 11.8 Å². The van der Waals surface area contributed by atoms with Gasteiger partial charge in [0.15, 0.2) is 0 Å². The number of ether oxygens (including phenoxy) is 1. The molecule has 136 valence electrons. The molecule has 2 rings (SSSR count). The maximum Gasteiger partial charge on any atom is 0.306 e. The van der Waals surface area contributed by atoms with E-state index >= 15 is 0 Å². The molecule has 2 N–H and O–H groups in total. The van der Waals surface area contributed by atoms with E-state index in [-0.39, 0.29) is 23.9 Å². The number of hydrogen-bond donors (Lipinski definition) is 2. The van der Waals surface area contributed by atoms with Crippen molar-refractivity contribution in [2.75, 3.05) is 0 Å². The van der Waals surface area contributed by atoms with E-state index in [0.717, 1.165) is 44.9 Å². The van der Waals surface area contributed by atoms with Crippen molar-refractivity contribution in [2.45, 2.75) is 83.0 Å². The van der Waals surface area contributed by atoms with Crippen LogP contribution in [0.4, 0.5) is 0 Å². The number of hydrogen-bond acceptors (Lipinski definition) is 4. The number of rotatable bonds is 6. The summed E-state index contributed by atoms with van der Waals surface area (Å²) in [5, 5.41) is 20.5. The summed E-state index contributed by atoms with van der Waals surface area (Å²) in [6.45, 7) is 2.14. The van der Waals surface area contributed by atoms with E-state index in [1.807, 2.05) is 12.2 Å². The normalized spacial score (nSPS) is 33.9. The van der Waals surface area contributed by atoms with Crippen LogP contribution in [0.2, 0.25) is 0 Å². The molecular weight excluding hydrogens is 304 g/mol. The lowest BCUT2D eigenvalue weighted by Crippen LogP contribution is -2.25. The highest BCUT2D eigenvalue weighted by Gasteiger charge is 2.42. The molecule has 0 radical (unpaired) electrons. The molecule has 0 aromatic rings. The van der Waals surface area contributed by atoms with Gasteiger partial charge in [-0.05, 0) is 25.7 Å². The van der Waals surface area contributed by atoms with Crippen molar-refractivity contribution < 1.29 is 19.7 Å². The number of allylic oxidation sites excluding steroid dienone is 2. The van der Waals surface area contributed by atoms with Gasteiger partial charge in [-0.2, -0.15) is 0 Å². The fraction of sp³-hybridized carbons (Fsp3) is 0.750. The second-order valence-electron chi connectivity index (χ2n) is 7.12. The first kappa shape index (κ1) is 19.2. The van der Waals surface area contributed by atoms with Gasteiger partial charge in [0, 0.05) is 24.7 Å². The standard InChI is InChI=1S/C20H32O4/c1-2-3-6-9-15(21)12-13-16-17-10-7-4-5-8-11-20(23)24-19(17)14-18(16)22/h4,7,12-13,15-19,21-22H,2-3,5-6,8-11,14H2,1H3/b7-4-,13-12+/t15?,16-,17?,18?,19?/m1/s1. The van der Waals surface area contributed by atoms with Crippen LogP contribution in [0.5, 0.6) is 0 Å². The van der Waals surface area contributed by atoms with Crippen LogP contribution in [0.1, 0.15) is 64.7 Å². The maximum absolute atomic E-state index is 11.9. The number of esters is 1. The summed E-state index contributed by atoms with van der Waals surface area (Å²) in [7, 11) is 0. The Bertz CT molecular complexity index is 443. The zero-order chi connectivity index (χ0) is 17.4. The highest BCUT2D eigenvalue weighted by Crippen LogP contribution is 2.38. The molecule has 4 unspecified atom stereocenters. The molecule has 0 amide bonds. The highest BCUT2D eigenvalue weighted by molar-refractivity contribution is 5.69. The molecule has 1 heterocycles. The lowest BCUT2D eigenvalue weighted by Gasteiger charge is -2.23. The van der Waals surface area contributed by atoms with E-state index in [1.165, 1.54) is 0 Å². The summed E-state index contributed by atoms with van der Waals surface area (Å²) in [5.41, 5.74) is 0. The molecule has 5 atom stereocenters. The van der Waals surface area contributed by atoms with Crippen LogP contribution < -0.4 is 0 Å². The maximum atomic E-state index is 11.9. The van der Waals surface area contributed by atoms with Crippen LogP contribution in [0.15, 0.2) is 24.3 Å². The molecule has 0 bridgehead atoms. The van der Waals surface area contributed by atoms with Gasteiger partial charge in [0.05, 0.1) is 12.2 Å². The van der Waals surface area contributed by atoms with Crippen LogP contribution in [0.3, 0.4) is 0 Å². The van der Waals surface area contributed by atoms with Gasteiger partial charge in [-0.15, -0.1) is 0 Å². The van der Waals surface area contributed by atoms with E-state index in [9.17, 15) is 15.0 Å². The number of fused-ring (bicyclic) bond motifs is 1. The molecule has 0 saturated heterocycles. The van der Waals surface area contributed by atoms with Gasteiger partial charge in [0.2, 0.25) is 0 Å². The molecule has 2 aliphatic rings. The SMILES string of the molecule is CCCCCC(O)/C=C/[C@H]1C(O)CC2OC(=O)CCC/C=C\CC21. The average Bonchev–Trinajstić information content (AvgIpc) is 2.84. The number of aliphatic hydroxyl groups excluding tert-OH is 2. The van der Waals surface area contributed by atoms with Crippen LogP contribution in [-0.2, 0) is 9.53 Å². The Kier molecular flexibility index (Phi) is 8.00. The fourth-order valence-electron chi connectivity index (χ4n) is 3.74. The van der Waals surface area contributed by atoms with Crippen molar-refractivity contribution in [2.24, 2.45) is 11.8 Å². The number of carbonyl (C=O) groups is 1. The quantitative estimate of drug-likeness (QED) is 0.442. The predicted octanol–water partition coefficient (Wildman–Crippen LogP) is 3.52. The van der Waals surface area contributed by atoms with E-state index in [1.54, 1.807) is 0 Å². The van der Waals surface area contributed by atoms with Crippen molar-refractivity contribution in [1.29, 1.82) is 0 Å². The number of aliphatic hydroxyl groups is 2. The molecular formula is C20H32O4. The Hall–Kier alpha value is -1.13. The van der Waals surface area contributed by atoms with Gasteiger partial charge < -0.3 is 14.9 Å². The van der Waals surface area contributed by atoms with Crippen LogP contribution >= 0.6 is 0 Å². The average molecular weight is 336 g/mol. The van der Waals surface area contributed by atoms with E-state index in [2.05, 4.69) is 19.1 Å². The minimum Gasteiger partial charge on any atom is -0.462 e. The van der Waals surface area contributed by atoms with Gasteiger partial charge in [0.25, 0.3) is 0 Å². The summed E-state index contributed by atoms with van der Waals surface area (Å²) in [5.74, 6) is -0.123. The molecule has 4 nitrogen and oxygen atoms in total. The second-order valence-corrected chi connectivity index (χ2v) is 7.12. The molecule has 0 aromatic carbocycles. The third-order valence-corrected chi connectivity index (χ3v) is 5.16. The van der Waals surface area contributed by atoms with Crippen molar-refractivity contribution in [3.8, 4) is 0 Å². The minimum absolute atomic E-state index is 0.0623. The number of carbonyl (C=O) groups excluding carboxylic acids is 1.